The molecule has 0 radical (unpaired) electrons. The van der Waals surface area contributed by atoms with E-state index >= 15 is 0 Å². The molecule has 0 aromatic rings. The second-order valence-electron chi connectivity index (χ2n) is 17.2. The van der Waals surface area contributed by atoms with Gasteiger partial charge in [-0.05, 0) is 25.7 Å². The van der Waals surface area contributed by atoms with Crippen LogP contribution in [-0.4, -0.2) is 47.4 Å². The summed E-state index contributed by atoms with van der Waals surface area (Å²) in [5, 5.41) is 23.0. The average Bonchev–Trinajstić information content (AvgIpc) is 3.18. The highest BCUT2D eigenvalue weighted by Crippen LogP contribution is 2.17. The number of aliphatic hydroxyl groups excluding tert-OH is 2. The molecule has 1 amide bonds. The van der Waals surface area contributed by atoms with E-state index in [4.69, 9.17) is 4.74 Å². The minimum atomic E-state index is -0.668. The molecule has 0 bridgehead atoms. The molecule has 55 heavy (non-hydrogen) atoms. The van der Waals surface area contributed by atoms with Gasteiger partial charge in [0.15, 0.2) is 0 Å². The van der Waals surface area contributed by atoms with Gasteiger partial charge < -0.3 is 20.3 Å². The number of carbonyl (C=O) groups is 2. The Morgan fingerprint density at radius 2 is 0.745 bits per heavy atom. The van der Waals surface area contributed by atoms with Crippen LogP contribution in [0.5, 0.6) is 0 Å². The zero-order chi connectivity index (χ0) is 40.1. The number of aliphatic hydroxyl groups is 2. The van der Waals surface area contributed by atoms with Crippen LogP contribution in [0.15, 0.2) is 0 Å². The van der Waals surface area contributed by atoms with Crippen molar-refractivity contribution in [1.82, 2.24) is 5.32 Å². The number of hydrogen-bond donors (Lipinski definition) is 3. The minimum absolute atomic E-state index is 0.00203. The summed E-state index contributed by atoms with van der Waals surface area (Å²) >= 11 is 0. The predicted molar refractivity (Wildman–Crippen MR) is 237 cm³/mol. The normalized spacial score (nSPS) is 12.6. The highest BCUT2D eigenvalue weighted by molar-refractivity contribution is 5.76. The fraction of sp³-hybridized carbons (Fsp3) is 0.959. The standard InChI is InChI=1S/C49H97NO5/c1-3-5-7-9-11-13-14-15-16-17-20-23-27-31-35-39-43-49(54)55-44-40-36-32-28-24-21-18-19-22-26-30-34-38-42-48(53)50-46(45-51)47(52)41-37-33-29-25-12-10-8-6-4-2/h46-47,51-52H,3-45H2,1-2H3,(H,50,53). The van der Waals surface area contributed by atoms with Crippen molar-refractivity contribution in [3.05, 3.63) is 0 Å². The van der Waals surface area contributed by atoms with Crippen molar-refractivity contribution in [2.45, 2.75) is 289 Å². The zero-order valence-electron chi connectivity index (χ0n) is 37.2. The van der Waals surface area contributed by atoms with Crippen molar-refractivity contribution in [1.29, 1.82) is 0 Å². The van der Waals surface area contributed by atoms with Crippen LogP contribution in [0, 0.1) is 0 Å². The SMILES string of the molecule is CCCCCCCCCCCCCCCCCCC(=O)OCCCCCCCCCCCCCCCC(=O)NC(CO)C(O)CCCCCCCCCCC. The Bertz CT molecular complexity index is 776. The molecule has 0 saturated carbocycles. The molecule has 0 fully saturated rings. The molecule has 3 N–H and O–H groups in total. The number of amides is 1. The highest BCUT2D eigenvalue weighted by atomic mass is 16.5. The highest BCUT2D eigenvalue weighted by Gasteiger charge is 2.20. The molecule has 2 unspecified atom stereocenters. The summed E-state index contributed by atoms with van der Waals surface area (Å²) in [7, 11) is 0. The van der Waals surface area contributed by atoms with Crippen molar-refractivity contribution < 1.29 is 24.5 Å². The van der Waals surface area contributed by atoms with Crippen LogP contribution < -0.4 is 5.32 Å². The van der Waals surface area contributed by atoms with E-state index in [1.54, 1.807) is 0 Å². The number of nitrogens with one attached hydrogen (secondary N) is 1. The van der Waals surface area contributed by atoms with Gasteiger partial charge in [0, 0.05) is 12.8 Å². The van der Waals surface area contributed by atoms with Crippen LogP contribution in [0.25, 0.3) is 0 Å². The summed E-state index contributed by atoms with van der Waals surface area (Å²) in [6.07, 6.45) is 49.3. The summed E-state index contributed by atoms with van der Waals surface area (Å²) < 4.78 is 5.47. The van der Waals surface area contributed by atoms with Crippen molar-refractivity contribution >= 4 is 11.9 Å². The van der Waals surface area contributed by atoms with Gasteiger partial charge in [-0.3, -0.25) is 9.59 Å². The van der Waals surface area contributed by atoms with Gasteiger partial charge in [0.05, 0.1) is 25.4 Å². The maximum Gasteiger partial charge on any atom is 0.305 e. The topological polar surface area (TPSA) is 95.9 Å². The third kappa shape index (κ3) is 42.3. The Hall–Kier alpha value is -1.14. The number of unbranched alkanes of at least 4 members (excludes halogenated alkanes) is 35. The second-order valence-corrected chi connectivity index (χ2v) is 17.2. The van der Waals surface area contributed by atoms with E-state index in [2.05, 4.69) is 19.2 Å². The van der Waals surface area contributed by atoms with Gasteiger partial charge in [0.25, 0.3) is 0 Å². The quantitative estimate of drug-likeness (QED) is 0.0422. The molecule has 0 aromatic heterocycles. The molecular weight excluding hydrogens is 683 g/mol. The lowest BCUT2D eigenvalue weighted by Gasteiger charge is -2.22. The number of esters is 1. The van der Waals surface area contributed by atoms with E-state index < -0.39 is 12.1 Å². The molecule has 2 atom stereocenters. The van der Waals surface area contributed by atoms with Crippen molar-refractivity contribution in [3.8, 4) is 0 Å². The van der Waals surface area contributed by atoms with Gasteiger partial charge >= 0.3 is 5.97 Å². The molecule has 6 nitrogen and oxygen atoms in total. The molecule has 0 saturated heterocycles. The molecule has 0 spiro atoms. The van der Waals surface area contributed by atoms with Crippen molar-refractivity contribution in [2.24, 2.45) is 0 Å². The van der Waals surface area contributed by atoms with E-state index in [9.17, 15) is 19.8 Å². The molecule has 0 rings (SSSR count). The van der Waals surface area contributed by atoms with Crippen LogP contribution in [0.4, 0.5) is 0 Å². The fourth-order valence-corrected chi connectivity index (χ4v) is 7.82. The number of rotatable bonds is 46. The Labute approximate surface area is 343 Å². The van der Waals surface area contributed by atoms with E-state index in [0.717, 1.165) is 51.4 Å². The van der Waals surface area contributed by atoms with Gasteiger partial charge in [0.2, 0.25) is 5.91 Å². The molecule has 0 aliphatic heterocycles. The first-order chi connectivity index (χ1) is 27.0. The van der Waals surface area contributed by atoms with Gasteiger partial charge in [-0.25, -0.2) is 0 Å². The molecule has 328 valence electrons. The number of ether oxygens (including phenoxy) is 1. The molecule has 0 aliphatic rings. The fourth-order valence-electron chi connectivity index (χ4n) is 7.82. The van der Waals surface area contributed by atoms with Crippen molar-refractivity contribution in [3.63, 3.8) is 0 Å². The summed E-state index contributed by atoms with van der Waals surface area (Å²) in [4.78, 5) is 24.4. The maximum atomic E-state index is 12.4. The lowest BCUT2D eigenvalue weighted by molar-refractivity contribution is -0.143. The van der Waals surface area contributed by atoms with E-state index in [1.807, 2.05) is 0 Å². The Morgan fingerprint density at radius 1 is 0.436 bits per heavy atom. The van der Waals surface area contributed by atoms with Gasteiger partial charge in [-0.2, -0.15) is 0 Å². The van der Waals surface area contributed by atoms with Crippen LogP contribution in [0.3, 0.4) is 0 Å². The average molecular weight is 780 g/mol. The first-order valence-corrected chi connectivity index (χ1v) is 24.8. The summed E-state index contributed by atoms with van der Waals surface area (Å²) in [6, 6.07) is -0.547. The van der Waals surface area contributed by atoms with Crippen LogP contribution >= 0.6 is 0 Å². The van der Waals surface area contributed by atoms with E-state index in [0.29, 0.717) is 25.9 Å². The lowest BCUT2D eigenvalue weighted by Crippen LogP contribution is -2.45. The van der Waals surface area contributed by atoms with Crippen LogP contribution in [0.2, 0.25) is 0 Å². The molecule has 0 aliphatic carbocycles. The Balaban J connectivity index is 3.39. The van der Waals surface area contributed by atoms with E-state index in [-0.39, 0.29) is 18.5 Å². The number of carbonyl (C=O) groups excluding carboxylic acids is 2. The minimum Gasteiger partial charge on any atom is -0.466 e. The van der Waals surface area contributed by atoms with Crippen LogP contribution in [-0.2, 0) is 14.3 Å². The smallest absolute Gasteiger partial charge is 0.305 e. The van der Waals surface area contributed by atoms with Gasteiger partial charge in [-0.15, -0.1) is 0 Å². The molecular formula is C49H97NO5. The Kier molecular flexibility index (Phi) is 44.6. The molecule has 0 heterocycles. The van der Waals surface area contributed by atoms with Crippen molar-refractivity contribution in [2.75, 3.05) is 13.2 Å². The first kappa shape index (κ1) is 53.9. The summed E-state index contributed by atoms with van der Waals surface area (Å²) in [6.45, 7) is 4.91. The largest absolute Gasteiger partial charge is 0.466 e. The second kappa shape index (κ2) is 45.6. The summed E-state index contributed by atoms with van der Waals surface area (Å²) in [5.41, 5.74) is 0. The summed E-state index contributed by atoms with van der Waals surface area (Å²) in [5.74, 6) is -0.0512. The zero-order valence-corrected chi connectivity index (χ0v) is 37.2. The third-order valence-electron chi connectivity index (χ3n) is 11.7. The monoisotopic (exact) mass is 780 g/mol. The first-order valence-electron chi connectivity index (χ1n) is 24.8. The van der Waals surface area contributed by atoms with E-state index in [1.165, 1.54) is 193 Å². The Morgan fingerprint density at radius 3 is 1.11 bits per heavy atom. The number of hydrogen-bond acceptors (Lipinski definition) is 5. The lowest BCUT2D eigenvalue weighted by atomic mass is 10.0. The predicted octanol–water partition coefficient (Wildman–Crippen LogP) is 14.4. The molecule has 0 aromatic carbocycles. The van der Waals surface area contributed by atoms with Gasteiger partial charge in [-0.1, -0.05) is 239 Å². The van der Waals surface area contributed by atoms with Crippen LogP contribution in [0.1, 0.15) is 277 Å². The maximum absolute atomic E-state index is 12.4. The van der Waals surface area contributed by atoms with Gasteiger partial charge in [0.1, 0.15) is 0 Å². The molecule has 6 heteroatoms. The third-order valence-corrected chi connectivity index (χ3v) is 11.7.